The van der Waals surface area contributed by atoms with Gasteiger partial charge in [0.2, 0.25) is 0 Å². The van der Waals surface area contributed by atoms with Gasteiger partial charge in [0.1, 0.15) is 5.52 Å². The summed E-state index contributed by atoms with van der Waals surface area (Å²) in [4.78, 5) is 13.3. The molecule has 0 saturated carbocycles. The fourth-order valence-electron chi connectivity index (χ4n) is 6.08. The third kappa shape index (κ3) is 4.02. The number of benzene rings is 3. The van der Waals surface area contributed by atoms with E-state index in [1.165, 1.54) is 0 Å². The van der Waals surface area contributed by atoms with Crippen molar-refractivity contribution in [3.63, 3.8) is 0 Å². The number of nitrogens with zero attached hydrogens (tertiary/aromatic N) is 5. The maximum absolute atomic E-state index is 7.04. The first-order valence-corrected chi connectivity index (χ1v) is 14.3. The van der Waals surface area contributed by atoms with E-state index in [2.05, 4.69) is 91.9 Å². The van der Waals surface area contributed by atoms with E-state index in [0.717, 1.165) is 67.0 Å². The number of anilines is 2. The van der Waals surface area contributed by atoms with Gasteiger partial charge in [-0.1, -0.05) is 54.6 Å². The smallest absolute Gasteiger partial charge is 0.112 e. The third-order valence-corrected chi connectivity index (χ3v) is 8.14. The summed E-state index contributed by atoms with van der Waals surface area (Å²) in [6, 6.07) is 37.0. The van der Waals surface area contributed by atoms with Crippen molar-refractivity contribution < 1.29 is 0 Å². The Balaban J connectivity index is 1.38. The second-order valence-corrected chi connectivity index (χ2v) is 10.7. The van der Waals surface area contributed by atoms with Crippen LogP contribution < -0.4 is 11.5 Å². The van der Waals surface area contributed by atoms with Crippen LogP contribution in [0.15, 0.2) is 140 Å². The van der Waals surface area contributed by atoms with Gasteiger partial charge in [0.25, 0.3) is 0 Å². The molecular weight excluding hydrogens is 542 g/mol. The van der Waals surface area contributed by atoms with Crippen molar-refractivity contribution in [2.24, 2.45) is 0 Å². The standard InChI is InChI=1S/C37H27N7/c38-33-30-8-1-2-9-31(30)43(28-15-11-24(12-16-28)26-6-3-19-40-22-26)36(33)37-34(39)35-32(10-5-21-42-35)44(37)29-17-13-25(14-18-29)27-7-4-20-41-23-27/h1-23H,38-39H2. The van der Waals surface area contributed by atoms with Gasteiger partial charge in [-0.2, -0.15) is 0 Å². The average molecular weight is 570 g/mol. The summed E-state index contributed by atoms with van der Waals surface area (Å²) in [6.07, 6.45) is 9.07. The van der Waals surface area contributed by atoms with Crippen LogP contribution in [0.1, 0.15) is 0 Å². The van der Waals surface area contributed by atoms with Crippen LogP contribution in [-0.4, -0.2) is 24.1 Å². The molecule has 7 heteroatoms. The molecule has 0 bridgehead atoms. The first kappa shape index (κ1) is 25.5. The predicted molar refractivity (Wildman–Crippen MR) is 179 cm³/mol. The summed E-state index contributed by atoms with van der Waals surface area (Å²) in [7, 11) is 0. The fourth-order valence-corrected chi connectivity index (χ4v) is 6.08. The largest absolute Gasteiger partial charge is 0.396 e. The zero-order valence-corrected chi connectivity index (χ0v) is 23.7. The summed E-state index contributed by atoms with van der Waals surface area (Å²) >= 11 is 0. The molecule has 0 aliphatic carbocycles. The highest BCUT2D eigenvalue weighted by Gasteiger charge is 2.26. The molecule has 44 heavy (non-hydrogen) atoms. The molecule has 210 valence electrons. The number of para-hydroxylation sites is 1. The van der Waals surface area contributed by atoms with E-state index in [9.17, 15) is 0 Å². The number of rotatable bonds is 5. The van der Waals surface area contributed by atoms with E-state index < -0.39 is 0 Å². The average Bonchev–Trinajstić information content (AvgIpc) is 3.55. The SMILES string of the molecule is Nc1c(-c2c(N)c3ncccc3n2-c2ccc(-c3cccnc3)cc2)n(-c2ccc(-c3cccnc3)cc2)c2ccccc12. The van der Waals surface area contributed by atoms with Gasteiger partial charge in [-0.3, -0.25) is 15.0 Å². The number of hydrogen-bond acceptors (Lipinski definition) is 5. The van der Waals surface area contributed by atoms with Crippen LogP contribution in [0.25, 0.3) is 67.0 Å². The molecule has 0 saturated heterocycles. The highest BCUT2D eigenvalue weighted by molar-refractivity contribution is 6.08. The van der Waals surface area contributed by atoms with E-state index in [1.807, 2.05) is 48.8 Å². The van der Waals surface area contributed by atoms with E-state index in [4.69, 9.17) is 16.5 Å². The Labute approximate surface area is 253 Å². The zero-order chi connectivity index (χ0) is 29.6. The van der Waals surface area contributed by atoms with E-state index in [0.29, 0.717) is 11.4 Å². The molecule has 0 amide bonds. The lowest BCUT2D eigenvalue weighted by Gasteiger charge is -2.17. The molecule has 0 aliphatic heterocycles. The summed E-state index contributed by atoms with van der Waals surface area (Å²) in [5, 5.41) is 0.954. The normalized spacial score (nSPS) is 11.4. The van der Waals surface area contributed by atoms with Crippen molar-refractivity contribution in [1.82, 2.24) is 24.1 Å². The van der Waals surface area contributed by atoms with Gasteiger partial charge < -0.3 is 20.6 Å². The minimum Gasteiger partial charge on any atom is -0.396 e. The Hall–Kier alpha value is -6.21. The van der Waals surface area contributed by atoms with Gasteiger partial charge in [0.15, 0.2) is 0 Å². The Morgan fingerprint density at radius 1 is 0.455 bits per heavy atom. The van der Waals surface area contributed by atoms with E-state index >= 15 is 0 Å². The summed E-state index contributed by atoms with van der Waals surface area (Å²) in [5.74, 6) is 0. The quantitative estimate of drug-likeness (QED) is 0.219. The summed E-state index contributed by atoms with van der Waals surface area (Å²) in [5.41, 5.74) is 25.7. The molecule has 0 unspecified atom stereocenters. The molecule has 0 aliphatic rings. The lowest BCUT2D eigenvalue weighted by molar-refractivity contribution is 1.07. The van der Waals surface area contributed by atoms with Crippen LogP contribution in [0.2, 0.25) is 0 Å². The van der Waals surface area contributed by atoms with E-state index in [-0.39, 0.29) is 0 Å². The number of aromatic nitrogens is 5. The van der Waals surface area contributed by atoms with Crippen LogP contribution in [0.5, 0.6) is 0 Å². The molecule has 4 N–H and O–H groups in total. The van der Waals surface area contributed by atoms with E-state index in [1.54, 1.807) is 18.6 Å². The molecule has 8 rings (SSSR count). The Bertz CT molecular complexity index is 2100. The Kier molecular flexibility index (Phi) is 5.94. The van der Waals surface area contributed by atoms with Crippen molar-refractivity contribution in [3.8, 4) is 45.0 Å². The lowest BCUT2D eigenvalue weighted by Crippen LogP contribution is -2.05. The first-order chi connectivity index (χ1) is 21.7. The summed E-state index contributed by atoms with van der Waals surface area (Å²) < 4.78 is 4.36. The summed E-state index contributed by atoms with van der Waals surface area (Å²) in [6.45, 7) is 0. The monoisotopic (exact) mass is 569 g/mol. The minimum atomic E-state index is 0.569. The van der Waals surface area contributed by atoms with Crippen molar-refractivity contribution in [2.45, 2.75) is 0 Å². The fraction of sp³-hybridized carbons (Fsp3) is 0. The lowest BCUT2D eigenvalue weighted by atomic mass is 10.1. The van der Waals surface area contributed by atoms with Crippen LogP contribution in [0.4, 0.5) is 11.4 Å². The number of hydrogen-bond donors (Lipinski definition) is 2. The molecule has 3 aromatic carbocycles. The molecular formula is C37H27N7. The number of nitrogens with two attached hydrogens (primary N) is 2. The van der Waals surface area contributed by atoms with Gasteiger partial charge in [0.05, 0.1) is 33.8 Å². The van der Waals surface area contributed by atoms with Crippen molar-refractivity contribution in [3.05, 3.63) is 140 Å². The second-order valence-electron chi connectivity index (χ2n) is 10.7. The number of pyridine rings is 3. The topological polar surface area (TPSA) is 101 Å². The van der Waals surface area contributed by atoms with Crippen LogP contribution in [-0.2, 0) is 0 Å². The third-order valence-electron chi connectivity index (χ3n) is 8.14. The van der Waals surface area contributed by atoms with Gasteiger partial charge >= 0.3 is 0 Å². The molecule has 0 spiro atoms. The second kappa shape index (κ2) is 10.3. The first-order valence-electron chi connectivity index (χ1n) is 14.3. The van der Waals surface area contributed by atoms with Crippen molar-refractivity contribution >= 4 is 33.3 Å². The number of fused-ring (bicyclic) bond motifs is 2. The van der Waals surface area contributed by atoms with Gasteiger partial charge in [-0.25, -0.2) is 0 Å². The Morgan fingerprint density at radius 2 is 0.977 bits per heavy atom. The van der Waals surface area contributed by atoms with Gasteiger partial charge in [-0.15, -0.1) is 0 Å². The van der Waals surface area contributed by atoms with Crippen LogP contribution >= 0.6 is 0 Å². The van der Waals surface area contributed by atoms with Gasteiger partial charge in [0, 0.05) is 47.7 Å². The Morgan fingerprint density at radius 3 is 1.57 bits per heavy atom. The predicted octanol–water partition coefficient (Wildman–Crippen LogP) is 7.92. The zero-order valence-electron chi connectivity index (χ0n) is 23.7. The molecule has 5 heterocycles. The number of nitrogen functional groups attached to an aromatic ring is 2. The molecule has 7 nitrogen and oxygen atoms in total. The molecule has 0 radical (unpaired) electrons. The maximum atomic E-state index is 7.04. The van der Waals surface area contributed by atoms with Gasteiger partial charge in [-0.05, 0) is 76.9 Å². The molecule has 8 aromatic rings. The van der Waals surface area contributed by atoms with Crippen LogP contribution in [0, 0.1) is 0 Å². The molecule has 5 aromatic heterocycles. The highest BCUT2D eigenvalue weighted by Crippen LogP contribution is 2.45. The van der Waals surface area contributed by atoms with Crippen LogP contribution in [0.3, 0.4) is 0 Å². The minimum absolute atomic E-state index is 0.569. The molecule has 0 fully saturated rings. The molecule has 0 atom stereocenters. The van der Waals surface area contributed by atoms with Crippen molar-refractivity contribution in [2.75, 3.05) is 11.5 Å². The maximum Gasteiger partial charge on any atom is 0.112 e. The highest BCUT2D eigenvalue weighted by atomic mass is 15.1. The van der Waals surface area contributed by atoms with Crippen molar-refractivity contribution in [1.29, 1.82) is 0 Å².